The zero-order valence-corrected chi connectivity index (χ0v) is 9.86. The van der Waals surface area contributed by atoms with Crippen molar-refractivity contribution in [1.82, 2.24) is 5.16 Å². The summed E-state index contributed by atoms with van der Waals surface area (Å²) in [7, 11) is 1.55. The number of hydrogen-bond acceptors (Lipinski definition) is 4. The van der Waals surface area contributed by atoms with Gasteiger partial charge in [-0.3, -0.25) is 0 Å². The second-order valence-electron chi connectivity index (χ2n) is 3.38. The maximum absolute atomic E-state index is 8.91. The van der Waals surface area contributed by atoms with Gasteiger partial charge < -0.3 is 9.26 Å². The summed E-state index contributed by atoms with van der Waals surface area (Å²) in [6.45, 7) is 0. The van der Waals surface area contributed by atoms with Gasteiger partial charge in [0.15, 0.2) is 5.76 Å². The van der Waals surface area contributed by atoms with Crippen molar-refractivity contribution >= 4 is 11.6 Å². The number of halogens is 1. The van der Waals surface area contributed by atoms with Gasteiger partial charge in [0.2, 0.25) is 0 Å². The minimum Gasteiger partial charge on any atom is -0.497 e. The minimum atomic E-state index is 0.290. The fourth-order valence-corrected chi connectivity index (χ4v) is 1.56. The Kier molecular flexibility index (Phi) is 3.31. The predicted molar refractivity (Wildman–Crippen MR) is 62.8 cm³/mol. The molecule has 0 saturated carbocycles. The van der Waals surface area contributed by atoms with E-state index in [1.165, 1.54) is 0 Å². The molecule has 2 aromatic rings. The first-order valence-corrected chi connectivity index (χ1v) is 5.41. The number of hydrogen-bond donors (Lipinski definition) is 0. The summed E-state index contributed by atoms with van der Waals surface area (Å²) in [5.74, 6) is 1.46. The molecule has 0 N–H and O–H groups in total. The Bertz CT molecular complexity index is 572. The number of ether oxygens (including phenoxy) is 1. The van der Waals surface area contributed by atoms with Gasteiger partial charge >= 0.3 is 0 Å². The molecule has 0 aliphatic heterocycles. The van der Waals surface area contributed by atoms with E-state index < -0.39 is 0 Å². The normalized spacial score (nSPS) is 9.94. The number of aromatic nitrogens is 1. The topological polar surface area (TPSA) is 59.0 Å². The Morgan fingerprint density at radius 3 is 2.82 bits per heavy atom. The lowest BCUT2D eigenvalue weighted by atomic mass is 10.1. The third-order valence-electron chi connectivity index (χ3n) is 2.25. The van der Waals surface area contributed by atoms with Crippen LogP contribution in [0.25, 0.3) is 11.3 Å². The fourth-order valence-electron chi connectivity index (χ4n) is 1.43. The zero-order chi connectivity index (χ0) is 12.3. The van der Waals surface area contributed by atoms with Crippen LogP contribution in [-0.2, 0) is 5.88 Å². The third-order valence-corrected chi connectivity index (χ3v) is 2.53. The van der Waals surface area contributed by atoms with Crippen LogP contribution in [0.15, 0.2) is 28.8 Å². The van der Waals surface area contributed by atoms with E-state index in [-0.39, 0.29) is 0 Å². The molecule has 0 amide bonds. The van der Waals surface area contributed by atoms with Gasteiger partial charge in [0, 0.05) is 11.6 Å². The molecular formula is C12H9ClN2O2. The van der Waals surface area contributed by atoms with Crippen LogP contribution in [0, 0.1) is 11.3 Å². The average Bonchev–Trinajstić information content (AvgIpc) is 2.86. The van der Waals surface area contributed by atoms with Gasteiger partial charge in [-0.15, -0.1) is 11.6 Å². The molecule has 5 heteroatoms. The van der Waals surface area contributed by atoms with E-state index in [0.717, 1.165) is 5.56 Å². The van der Waals surface area contributed by atoms with Crippen molar-refractivity contribution in [2.75, 3.05) is 7.11 Å². The summed E-state index contributed by atoms with van der Waals surface area (Å²) in [5.41, 5.74) is 1.90. The van der Waals surface area contributed by atoms with Crippen LogP contribution in [0.3, 0.4) is 0 Å². The zero-order valence-electron chi connectivity index (χ0n) is 9.11. The van der Waals surface area contributed by atoms with Crippen LogP contribution >= 0.6 is 11.6 Å². The van der Waals surface area contributed by atoms with Crippen LogP contribution < -0.4 is 4.74 Å². The lowest BCUT2D eigenvalue weighted by Crippen LogP contribution is -1.86. The van der Waals surface area contributed by atoms with Crippen LogP contribution in [0.2, 0.25) is 0 Å². The lowest BCUT2D eigenvalue weighted by Gasteiger charge is -2.02. The van der Waals surface area contributed by atoms with Gasteiger partial charge in [0.05, 0.1) is 30.3 Å². The summed E-state index contributed by atoms with van der Waals surface area (Å²) >= 11 is 5.65. The highest BCUT2D eigenvalue weighted by Gasteiger charge is 2.09. The molecule has 1 heterocycles. The Hall–Kier alpha value is -1.99. The highest BCUT2D eigenvalue weighted by Crippen LogP contribution is 2.26. The molecule has 2 rings (SSSR count). The van der Waals surface area contributed by atoms with Gasteiger partial charge in [-0.05, 0) is 18.2 Å². The Morgan fingerprint density at radius 2 is 2.24 bits per heavy atom. The first-order valence-electron chi connectivity index (χ1n) is 4.88. The summed E-state index contributed by atoms with van der Waals surface area (Å²) in [6.07, 6.45) is 0. The molecule has 1 aromatic heterocycles. The Balaban J connectivity index is 2.47. The number of methoxy groups -OCH3 is 1. The standard InChI is InChI=1S/C12H9ClN2O2/c1-16-11-3-8(7-14)2-9(4-11)12-5-10(6-13)15-17-12/h2-5H,6H2,1H3. The molecule has 0 atom stereocenters. The van der Waals surface area contributed by atoms with Gasteiger partial charge in [-0.2, -0.15) is 5.26 Å². The monoisotopic (exact) mass is 248 g/mol. The van der Waals surface area contributed by atoms with E-state index in [1.807, 2.05) is 0 Å². The first-order chi connectivity index (χ1) is 8.26. The predicted octanol–water partition coefficient (Wildman–Crippen LogP) is 2.96. The largest absolute Gasteiger partial charge is 0.497 e. The highest BCUT2D eigenvalue weighted by molar-refractivity contribution is 6.16. The maximum atomic E-state index is 8.91. The number of alkyl halides is 1. The van der Waals surface area contributed by atoms with Gasteiger partial charge in [-0.25, -0.2) is 0 Å². The molecule has 0 aliphatic carbocycles. The van der Waals surface area contributed by atoms with E-state index in [0.29, 0.717) is 28.6 Å². The molecule has 0 fully saturated rings. The van der Waals surface area contributed by atoms with Gasteiger partial charge in [0.25, 0.3) is 0 Å². The van der Waals surface area contributed by atoms with Gasteiger partial charge in [-0.1, -0.05) is 5.16 Å². The number of benzene rings is 1. The van der Waals surface area contributed by atoms with E-state index in [4.69, 9.17) is 26.1 Å². The second-order valence-corrected chi connectivity index (χ2v) is 3.65. The molecule has 1 aromatic carbocycles. The molecule has 17 heavy (non-hydrogen) atoms. The van der Waals surface area contributed by atoms with Crippen molar-refractivity contribution in [3.05, 3.63) is 35.5 Å². The van der Waals surface area contributed by atoms with Crippen molar-refractivity contribution in [2.24, 2.45) is 0 Å². The molecule has 0 unspecified atom stereocenters. The van der Waals surface area contributed by atoms with Crippen molar-refractivity contribution in [1.29, 1.82) is 5.26 Å². The molecule has 0 aliphatic rings. The van der Waals surface area contributed by atoms with Crippen LogP contribution in [0.4, 0.5) is 0 Å². The summed E-state index contributed by atoms with van der Waals surface area (Å²) < 4.78 is 10.3. The van der Waals surface area contributed by atoms with Crippen molar-refractivity contribution < 1.29 is 9.26 Å². The Morgan fingerprint density at radius 1 is 1.41 bits per heavy atom. The van der Waals surface area contributed by atoms with Crippen LogP contribution in [0.5, 0.6) is 5.75 Å². The van der Waals surface area contributed by atoms with E-state index in [9.17, 15) is 0 Å². The first kappa shape index (κ1) is 11.5. The van der Waals surface area contributed by atoms with Crippen molar-refractivity contribution in [3.63, 3.8) is 0 Å². The number of nitriles is 1. The third kappa shape index (κ3) is 2.40. The molecular weight excluding hydrogens is 240 g/mol. The summed E-state index contributed by atoms with van der Waals surface area (Å²) in [4.78, 5) is 0. The maximum Gasteiger partial charge on any atom is 0.167 e. The second kappa shape index (κ2) is 4.89. The van der Waals surface area contributed by atoms with E-state index >= 15 is 0 Å². The Labute approximate surface area is 103 Å². The lowest BCUT2D eigenvalue weighted by molar-refractivity contribution is 0.412. The average molecular weight is 249 g/mol. The van der Waals surface area contributed by atoms with Crippen LogP contribution in [-0.4, -0.2) is 12.3 Å². The highest BCUT2D eigenvalue weighted by atomic mass is 35.5. The van der Waals surface area contributed by atoms with E-state index in [2.05, 4.69) is 11.2 Å². The minimum absolute atomic E-state index is 0.290. The summed E-state index contributed by atoms with van der Waals surface area (Å²) in [6, 6.07) is 8.95. The quantitative estimate of drug-likeness (QED) is 0.784. The summed E-state index contributed by atoms with van der Waals surface area (Å²) in [5, 5.41) is 12.7. The molecule has 0 saturated heterocycles. The molecule has 0 spiro atoms. The molecule has 0 radical (unpaired) electrons. The molecule has 4 nitrogen and oxygen atoms in total. The SMILES string of the molecule is COc1cc(C#N)cc(-c2cc(CCl)no2)c1. The van der Waals surface area contributed by atoms with Crippen LogP contribution in [0.1, 0.15) is 11.3 Å². The van der Waals surface area contributed by atoms with E-state index in [1.54, 1.807) is 31.4 Å². The van der Waals surface area contributed by atoms with Crippen molar-refractivity contribution in [2.45, 2.75) is 5.88 Å². The number of nitrogens with zero attached hydrogens (tertiary/aromatic N) is 2. The van der Waals surface area contributed by atoms with Crippen molar-refractivity contribution in [3.8, 4) is 23.1 Å². The smallest absolute Gasteiger partial charge is 0.167 e. The van der Waals surface area contributed by atoms with Gasteiger partial charge in [0.1, 0.15) is 5.75 Å². The fraction of sp³-hybridized carbons (Fsp3) is 0.167. The number of rotatable bonds is 3. The molecule has 86 valence electrons. The molecule has 0 bridgehead atoms.